The first-order valence-corrected chi connectivity index (χ1v) is 8.09. The van der Waals surface area contributed by atoms with E-state index in [1.54, 1.807) is 11.3 Å². The van der Waals surface area contributed by atoms with E-state index >= 15 is 0 Å². The molecule has 1 saturated heterocycles. The van der Waals surface area contributed by atoms with Crippen LogP contribution in [0.3, 0.4) is 0 Å². The molecule has 1 fully saturated rings. The molecule has 0 bridgehead atoms. The summed E-state index contributed by atoms with van der Waals surface area (Å²) in [6, 6.07) is 7.60. The molecule has 1 aromatic heterocycles. The maximum Gasteiger partial charge on any atom is 0.257 e. The zero-order valence-corrected chi connectivity index (χ0v) is 12.9. The Morgan fingerprint density at radius 1 is 1.33 bits per heavy atom. The van der Waals surface area contributed by atoms with Gasteiger partial charge in [-0.05, 0) is 50.4 Å². The summed E-state index contributed by atoms with van der Waals surface area (Å²) in [5, 5.41) is 6.97. The Labute approximate surface area is 128 Å². The van der Waals surface area contributed by atoms with Crippen LogP contribution in [0.1, 0.15) is 39.6 Å². The molecule has 4 nitrogen and oxygen atoms in total. The number of carbonyl (C=O) groups excluding carboxylic acids is 1. The monoisotopic (exact) mass is 301 g/mol. The van der Waals surface area contributed by atoms with Crippen molar-refractivity contribution >= 4 is 22.4 Å². The number of piperidine rings is 1. The Morgan fingerprint density at radius 2 is 2.10 bits per heavy atom. The molecule has 2 N–H and O–H groups in total. The average molecular weight is 301 g/mol. The van der Waals surface area contributed by atoms with E-state index in [1.807, 2.05) is 37.4 Å². The molecule has 21 heavy (non-hydrogen) atoms. The van der Waals surface area contributed by atoms with Gasteiger partial charge in [-0.15, -0.1) is 11.3 Å². The Hall–Kier alpha value is -1.72. The van der Waals surface area contributed by atoms with Gasteiger partial charge in [-0.3, -0.25) is 10.1 Å². The van der Waals surface area contributed by atoms with E-state index in [0.717, 1.165) is 31.5 Å². The van der Waals surface area contributed by atoms with E-state index < -0.39 is 0 Å². The Kier molecular flexibility index (Phi) is 4.31. The van der Waals surface area contributed by atoms with Gasteiger partial charge in [0.05, 0.1) is 0 Å². The van der Waals surface area contributed by atoms with Crippen LogP contribution in [0, 0.1) is 6.92 Å². The van der Waals surface area contributed by atoms with Crippen LogP contribution in [-0.4, -0.2) is 24.0 Å². The van der Waals surface area contributed by atoms with Gasteiger partial charge < -0.3 is 5.32 Å². The third-order valence-corrected chi connectivity index (χ3v) is 4.95. The van der Waals surface area contributed by atoms with E-state index in [0.29, 0.717) is 16.6 Å². The largest absolute Gasteiger partial charge is 0.317 e. The quantitative estimate of drug-likeness (QED) is 0.915. The predicted molar refractivity (Wildman–Crippen MR) is 86.1 cm³/mol. The SMILES string of the molecule is Cc1ccccc1C(=O)Nc1ncc(C2CCNCC2)s1. The van der Waals surface area contributed by atoms with Crippen molar-refractivity contribution in [3.63, 3.8) is 0 Å². The van der Waals surface area contributed by atoms with Crippen molar-refractivity contribution in [2.75, 3.05) is 18.4 Å². The molecule has 0 atom stereocenters. The van der Waals surface area contributed by atoms with E-state index in [2.05, 4.69) is 15.6 Å². The first-order chi connectivity index (χ1) is 10.2. The van der Waals surface area contributed by atoms with Crippen LogP contribution in [0.15, 0.2) is 30.5 Å². The zero-order valence-electron chi connectivity index (χ0n) is 12.1. The lowest BCUT2D eigenvalue weighted by Gasteiger charge is -2.20. The number of hydrogen-bond acceptors (Lipinski definition) is 4. The van der Waals surface area contributed by atoms with Gasteiger partial charge in [-0.1, -0.05) is 18.2 Å². The van der Waals surface area contributed by atoms with Crippen LogP contribution in [0.2, 0.25) is 0 Å². The minimum atomic E-state index is -0.0840. The van der Waals surface area contributed by atoms with Crippen LogP contribution in [0.25, 0.3) is 0 Å². The van der Waals surface area contributed by atoms with Gasteiger partial charge >= 0.3 is 0 Å². The van der Waals surface area contributed by atoms with Crippen molar-refractivity contribution in [2.24, 2.45) is 0 Å². The predicted octanol–water partition coefficient (Wildman–Crippen LogP) is 3.17. The Bertz CT molecular complexity index is 632. The molecule has 5 heteroatoms. The van der Waals surface area contributed by atoms with E-state index in [1.165, 1.54) is 4.88 Å². The van der Waals surface area contributed by atoms with Gasteiger partial charge in [0.2, 0.25) is 0 Å². The van der Waals surface area contributed by atoms with E-state index in [9.17, 15) is 4.79 Å². The summed E-state index contributed by atoms with van der Waals surface area (Å²) in [5.74, 6) is 0.493. The molecule has 1 aliphatic heterocycles. The third-order valence-electron chi connectivity index (χ3n) is 3.88. The summed E-state index contributed by atoms with van der Waals surface area (Å²) in [5.41, 5.74) is 1.68. The highest BCUT2D eigenvalue weighted by Gasteiger charge is 2.18. The van der Waals surface area contributed by atoms with Gasteiger partial charge in [0.1, 0.15) is 0 Å². The lowest BCUT2D eigenvalue weighted by atomic mass is 9.97. The number of nitrogens with one attached hydrogen (secondary N) is 2. The number of hydrogen-bond donors (Lipinski definition) is 2. The maximum absolute atomic E-state index is 12.3. The molecule has 110 valence electrons. The van der Waals surface area contributed by atoms with Gasteiger partial charge in [0.25, 0.3) is 5.91 Å². The number of thiazole rings is 1. The molecule has 0 saturated carbocycles. The topological polar surface area (TPSA) is 54.0 Å². The second-order valence-electron chi connectivity index (χ2n) is 5.36. The third kappa shape index (κ3) is 3.31. The maximum atomic E-state index is 12.3. The second-order valence-corrected chi connectivity index (χ2v) is 6.42. The lowest BCUT2D eigenvalue weighted by Crippen LogP contribution is -2.26. The highest BCUT2D eigenvalue weighted by atomic mass is 32.1. The molecule has 1 amide bonds. The summed E-state index contributed by atoms with van der Waals surface area (Å²) < 4.78 is 0. The Morgan fingerprint density at radius 3 is 2.86 bits per heavy atom. The Balaban J connectivity index is 1.69. The molecule has 0 unspecified atom stereocenters. The number of benzene rings is 1. The van der Waals surface area contributed by atoms with Gasteiger partial charge in [-0.2, -0.15) is 0 Å². The fraction of sp³-hybridized carbons (Fsp3) is 0.375. The fourth-order valence-corrected chi connectivity index (χ4v) is 3.61. The molecule has 1 aliphatic rings. The molecule has 0 aliphatic carbocycles. The fourth-order valence-electron chi connectivity index (χ4n) is 2.63. The smallest absolute Gasteiger partial charge is 0.257 e. The number of nitrogens with zero attached hydrogens (tertiary/aromatic N) is 1. The number of aromatic nitrogens is 1. The summed E-state index contributed by atoms with van der Waals surface area (Å²) in [7, 11) is 0. The number of carbonyl (C=O) groups is 1. The van der Waals surface area contributed by atoms with Crippen molar-refractivity contribution in [3.05, 3.63) is 46.5 Å². The molecular weight excluding hydrogens is 282 g/mol. The van der Waals surface area contributed by atoms with Crippen LogP contribution in [0.5, 0.6) is 0 Å². The van der Waals surface area contributed by atoms with E-state index in [-0.39, 0.29) is 5.91 Å². The molecule has 1 aromatic carbocycles. The first kappa shape index (κ1) is 14.2. The van der Waals surface area contributed by atoms with E-state index in [4.69, 9.17) is 0 Å². The van der Waals surface area contributed by atoms with Crippen LogP contribution < -0.4 is 10.6 Å². The lowest BCUT2D eigenvalue weighted by molar-refractivity contribution is 0.102. The normalized spacial score (nSPS) is 15.9. The highest BCUT2D eigenvalue weighted by Crippen LogP contribution is 2.31. The number of aryl methyl sites for hydroxylation is 1. The van der Waals surface area contributed by atoms with Gasteiger partial charge in [-0.25, -0.2) is 4.98 Å². The van der Waals surface area contributed by atoms with Crippen LogP contribution >= 0.6 is 11.3 Å². The highest BCUT2D eigenvalue weighted by molar-refractivity contribution is 7.15. The number of anilines is 1. The number of rotatable bonds is 3. The standard InChI is InChI=1S/C16H19N3OS/c1-11-4-2-3-5-13(11)15(20)19-16-18-10-14(21-16)12-6-8-17-9-7-12/h2-5,10,12,17H,6-9H2,1H3,(H,18,19,20). The first-order valence-electron chi connectivity index (χ1n) is 7.27. The van der Waals surface area contributed by atoms with Crippen molar-refractivity contribution in [2.45, 2.75) is 25.7 Å². The van der Waals surface area contributed by atoms with Crippen LogP contribution in [0.4, 0.5) is 5.13 Å². The van der Waals surface area contributed by atoms with Crippen molar-refractivity contribution in [3.8, 4) is 0 Å². The van der Waals surface area contributed by atoms with Gasteiger partial charge in [0, 0.05) is 16.6 Å². The van der Waals surface area contributed by atoms with Crippen molar-refractivity contribution in [1.29, 1.82) is 0 Å². The minimum absolute atomic E-state index is 0.0840. The summed E-state index contributed by atoms with van der Waals surface area (Å²) in [4.78, 5) is 17.9. The molecule has 0 radical (unpaired) electrons. The molecular formula is C16H19N3OS. The second kappa shape index (κ2) is 6.37. The van der Waals surface area contributed by atoms with Crippen molar-refractivity contribution < 1.29 is 4.79 Å². The van der Waals surface area contributed by atoms with Crippen molar-refractivity contribution in [1.82, 2.24) is 10.3 Å². The molecule has 0 spiro atoms. The molecule has 2 aromatic rings. The molecule has 3 rings (SSSR count). The average Bonchev–Trinajstić information content (AvgIpc) is 2.97. The number of amides is 1. The summed E-state index contributed by atoms with van der Waals surface area (Å²) >= 11 is 1.60. The molecule has 2 heterocycles. The zero-order chi connectivity index (χ0) is 14.7. The summed E-state index contributed by atoms with van der Waals surface area (Å²) in [6.45, 7) is 4.07. The summed E-state index contributed by atoms with van der Waals surface area (Å²) in [6.07, 6.45) is 4.20. The van der Waals surface area contributed by atoms with Gasteiger partial charge in [0.15, 0.2) is 5.13 Å². The van der Waals surface area contributed by atoms with Crippen LogP contribution in [-0.2, 0) is 0 Å². The minimum Gasteiger partial charge on any atom is -0.317 e.